The third-order valence-corrected chi connectivity index (χ3v) is 2.02. The monoisotopic (exact) mass is 197 g/mol. The Hall–Kier alpha value is -1.33. The lowest BCUT2D eigenvalue weighted by molar-refractivity contribution is -0.125. The number of aliphatic hydroxyl groups excluding tert-OH is 1. The summed E-state index contributed by atoms with van der Waals surface area (Å²) < 4.78 is 1.96. The van der Waals surface area contributed by atoms with Gasteiger partial charge in [-0.25, -0.2) is 0 Å². The highest BCUT2D eigenvalue weighted by atomic mass is 16.3. The van der Waals surface area contributed by atoms with Gasteiger partial charge in [0.05, 0.1) is 0 Å². The maximum Gasteiger partial charge on any atom is 0.247 e. The molecule has 0 aliphatic rings. The molecule has 5 nitrogen and oxygen atoms in total. The van der Waals surface area contributed by atoms with Crippen LogP contribution in [0.1, 0.15) is 5.69 Å². The summed E-state index contributed by atoms with van der Waals surface area (Å²) in [7, 11) is 1.93. The van der Waals surface area contributed by atoms with Crippen LogP contribution < -0.4 is 11.1 Å². The lowest BCUT2D eigenvalue weighted by Crippen LogP contribution is -2.37. The number of nitrogens with one attached hydrogen (secondary N) is 1. The van der Waals surface area contributed by atoms with Crippen LogP contribution in [-0.4, -0.2) is 28.2 Å². The second-order valence-electron chi connectivity index (χ2n) is 3.16. The molecule has 1 heterocycles. The summed E-state index contributed by atoms with van der Waals surface area (Å²) in [5.41, 5.74) is 5.98. The van der Waals surface area contributed by atoms with Gasteiger partial charge in [-0.05, 0) is 12.1 Å². The van der Waals surface area contributed by atoms with E-state index in [1.807, 2.05) is 29.9 Å². The third-order valence-electron chi connectivity index (χ3n) is 2.02. The van der Waals surface area contributed by atoms with Gasteiger partial charge >= 0.3 is 0 Å². The summed E-state index contributed by atoms with van der Waals surface area (Å²) in [5, 5.41) is 12.0. The van der Waals surface area contributed by atoms with E-state index >= 15 is 0 Å². The highest BCUT2D eigenvalue weighted by molar-refractivity contribution is 5.78. The number of aromatic nitrogens is 1. The molecule has 0 aliphatic carbocycles. The Bertz CT molecular complexity index is 309. The summed E-state index contributed by atoms with van der Waals surface area (Å²) in [4.78, 5) is 10.5. The summed E-state index contributed by atoms with van der Waals surface area (Å²) in [6, 6.07) is 3.89. The van der Waals surface area contributed by atoms with E-state index in [0.717, 1.165) is 5.69 Å². The van der Waals surface area contributed by atoms with Crippen molar-refractivity contribution in [2.24, 2.45) is 12.8 Å². The molecule has 14 heavy (non-hydrogen) atoms. The number of aryl methyl sites for hydroxylation is 1. The van der Waals surface area contributed by atoms with Gasteiger partial charge in [0.15, 0.2) is 0 Å². The Kier molecular flexibility index (Phi) is 3.67. The number of hydrogen-bond acceptors (Lipinski definition) is 3. The molecular weight excluding hydrogens is 182 g/mol. The van der Waals surface area contributed by atoms with Crippen molar-refractivity contribution < 1.29 is 9.90 Å². The second kappa shape index (κ2) is 4.78. The summed E-state index contributed by atoms with van der Waals surface area (Å²) in [5.74, 6) is -0.704. The van der Waals surface area contributed by atoms with E-state index in [-0.39, 0.29) is 6.54 Å². The van der Waals surface area contributed by atoms with Crippen molar-refractivity contribution in [1.82, 2.24) is 9.88 Å². The van der Waals surface area contributed by atoms with E-state index in [1.54, 1.807) is 0 Å². The summed E-state index contributed by atoms with van der Waals surface area (Å²) in [6.45, 7) is 0.786. The molecule has 1 amide bonds. The molecule has 0 saturated heterocycles. The van der Waals surface area contributed by atoms with Gasteiger partial charge in [0.25, 0.3) is 0 Å². The fourth-order valence-electron chi connectivity index (χ4n) is 1.12. The zero-order chi connectivity index (χ0) is 10.6. The van der Waals surface area contributed by atoms with Crippen molar-refractivity contribution in [2.75, 3.05) is 6.54 Å². The van der Waals surface area contributed by atoms with Gasteiger partial charge in [-0.3, -0.25) is 4.79 Å². The number of carbonyl (C=O) groups is 1. The zero-order valence-electron chi connectivity index (χ0n) is 8.10. The molecule has 4 N–H and O–H groups in total. The summed E-state index contributed by atoms with van der Waals surface area (Å²) in [6.07, 6.45) is 0.817. The lowest BCUT2D eigenvalue weighted by Gasteiger charge is -2.08. The number of nitrogens with two attached hydrogens (primary N) is 1. The average molecular weight is 197 g/mol. The van der Waals surface area contributed by atoms with Crippen molar-refractivity contribution in [3.63, 3.8) is 0 Å². The van der Waals surface area contributed by atoms with Crippen molar-refractivity contribution in [2.45, 2.75) is 12.6 Å². The number of aliphatic hydroxyl groups is 1. The van der Waals surface area contributed by atoms with Crippen LogP contribution in [0.4, 0.5) is 0 Å². The Morgan fingerprint density at radius 2 is 2.50 bits per heavy atom. The van der Waals surface area contributed by atoms with Crippen molar-refractivity contribution in [3.05, 3.63) is 24.0 Å². The van der Waals surface area contributed by atoms with E-state index in [0.29, 0.717) is 6.54 Å². The van der Waals surface area contributed by atoms with Gasteiger partial charge in [0.2, 0.25) is 5.91 Å². The van der Waals surface area contributed by atoms with Crippen LogP contribution in [0.15, 0.2) is 18.3 Å². The Balaban J connectivity index is 2.29. The number of primary amides is 1. The van der Waals surface area contributed by atoms with Gasteiger partial charge in [0.1, 0.15) is 6.10 Å². The zero-order valence-corrected chi connectivity index (χ0v) is 8.10. The molecule has 1 rings (SSSR count). The molecule has 1 unspecified atom stereocenters. The molecule has 5 heteroatoms. The normalized spacial score (nSPS) is 12.7. The number of amides is 1. The van der Waals surface area contributed by atoms with Crippen molar-refractivity contribution >= 4 is 5.91 Å². The van der Waals surface area contributed by atoms with Crippen LogP contribution in [0, 0.1) is 0 Å². The molecule has 0 spiro atoms. The average Bonchev–Trinajstić information content (AvgIpc) is 2.51. The first-order valence-corrected chi connectivity index (χ1v) is 4.39. The van der Waals surface area contributed by atoms with Crippen LogP contribution in [0.25, 0.3) is 0 Å². The van der Waals surface area contributed by atoms with Crippen LogP contribution in [-0.2, 0) is 18.4 Å². The van der Waals surface area contributed by atoms with Gasteiger partial charge in [-0.2, -0.15) is 0 Å². The smallest absolute Gasteiger partial charge is 0.247 e. The van der Waals surface area contributed by atoms with Crippen LogP contribution in [0.2, 0.25) is 0 Å². The van der Waals surface area contributed by atoms with E-state index in [9.17, 15) is 4.79 Å². The Labute approximate surface area is 82.5 Å². The molecule has 0 radical (unpaired) electrons. The fourth-order valence-corrected chi connectivity index (χ4v) is 1.12. The van der Waals surface area contributed by atoms with E-state index in [4.69, 9.17) is 10.8 Å². The molecule has 1 atom stereocenters. The third kappa shape index (κ3) is 2.86. The van der Waals surface area contributed by atoms with E-state index in [2.05, 4.69) is 5.32 Å². The first-order valence-electron chi connectivity index (χ1n) is 4.39. The number of carbonyl (C=O) groups excluding carboxylic acids is 1. The van der Waals surface area contributed by atoms with Gasteiger partial charge in [-0.15, -0.1) is 0 Å². The van der Waals surface area contributed by atoms with Crippen LogP contribution >= 0.6 is 0 Å². The molecule has 0 aromatic carbocycles. The first-order chi connectivity index (χ1) is 6.61. The SMILES string of the molecule is Cn1cccc1CNCC(O)C(N)=O. The maximum atomic E-state index is 10.5. The van der Waals surface area contributed by atoms with Crippen molar-refractivity contribution in [3.8, 4) is 0 Å². The Morgan fingerprint density at radius 1 is 1.79 bits per heavy atom. The quantitative estimate of drug-likeness (QED) is 0.564. The minimum absolute atomic E-state index is 0.181. The molecule has 78 valence electrons. The standard InChI is InChI=1S/C9H15N3O2/c1-12-4-2-3-7(12)5-11-6-8(13)9(10)14/h2-4,8,11,13H,5-6H2,1H3,(H2,10,14). The number of rotatable bonds is 5. The molecule has 0 saturated carbocycles. The van der Waals surface area contributed by atoms with Crippen LogP contribution in [0.3, 0.4) is 0 Å². The predicted octanol–water partition coefficient (Wildman–Crippen LogP) is -1.04. The minimum atomic E-state index is -1.12. The number of hydrogen-bond donors (Lipinski definition) is 3. The van der Waals surface area contributed by atoms with Gasteiger partial charge in [0, 0.05) is 32.0 Å². The molecule has 1 aromatic rings. The molecule has 0 fully saturated rings. The summed E-state index contributed by atoms with van der Waals surface area (Å²) >= 11 is 0. The molecule has 1 aromatic heterocycles. The predicted molar refractivity (Wildman–Crippen MR) is 52.3 cm³/mol. The molecule has 0 bridgehead atoms. The highest BCUT2D eigenvalue weighted by Crippen LogP contribution is 1.98. The molecular formula is C9H15N3O2. The highest BCUT2D eigenvalue weighted by Gasteiger charge is 2.09. The second-order valence-corrected chi connectivity index (χ2v) is 3.16. The van der Waals surface area contributed by atoms with Gasteiger partial charge in [-0.1, -0.05) is 0 Å². The number of nitrogens with zero attached hydrogens (tertiary/aromatic N) is 1. The van der Waals surface area contributed by atoms with Gasteiger partial charge < -0.3 is 20.7 Å². The lowest BCUT2D eigenvalue weighted by atomic mass is 10.3. The minimum Gasteiger partial charge on any atom is -0.382 e. The topological polar surface area (TPSA) is 80.3 Å². The fraction of sp³-hybridized carbons (Fsp3) is 0.444. The van der Waals surface area contributed by atoms with Crippen molar-refractivity contribution in [1.29, 1.82) is 0 Å². The largest absolute Gasteiger partial charge is 0.382 e. The van der Waals surface area contributed by atoms with E-state index in [1.165, 1.54) is 0 Å². The Morgan fingerprint density at radius 3 is 3.00 bits per heavy atom. The van der Waals surface area contributed by atoms with E-state index < -0.39 is 12.0 Å². The van der Waals surface area contributed by atoms with Crippen LogP contribution in [0.5, 0.6) is 0 Å². The first kappa shape index (κ1) is 10.7. The molecule has 0 aliphatic heterocycles. The maximum absolute atomic E-state index is 10.5.